The molecule has 164 valence electrons. The van der Waals surface area contributed by atoms with E-state index in [-0.39, 0.29) is 11.7 Å². The van der Waals surface area contributed by atoms with Crippen molar-refractivity contribution >= 4 is 17.7 Å². The zero-order valence-corrected chi connectivity index (χ0v) is 20.0. The van der Waals surface area contributed by atoms with Gasteiger partial charge in [0, 0.05) is 24.9 Å². The predicted molar refractivity (Wildman–Crippen MR) is 127 cm³/mol. The van der Waals surface area contributed by atoms with Gasteiger partial charge < -0.3 is 5.73 Å². The lowest BCUT2D eigenvalue weighted by Gasteiger charge is -2.37. The Morgan fingerprint density at radius 2 is 1.87 bits per heavy atom. The van der Waals surface area contributed by atoms with E-state index in [9.17, 15) is 4.79 Å². The fourth-order valence-electron chi connectivity index (χ4n) is 4.03. The van der Waals surface area contributed by atoms with Crippen LogP contribution in [0.1, 0.15) is 44.7 Å². The number of aryl methyl sites for hydroxylation is 1. The van der Waals surface area contributed by atoms with Crippen LogP contribution in [0, 0.1) is 18.8 Å². The van der Waals surface area contributed by atoms with Gasteiger partial charge in [0.1, 0.15) is 6.20 Å². The smallest absolute Gasteiger partial charge is 0.153 e. The molecule has 2 N–H and O–H groups in total. The van der Waals surface area contributed by atoms with Gasteiger partial charge in [0.2, 0.25) is 0 Å². The minimum atomic E-state index is -0.396. The molecule has 5 heteroatoms. The van der Waals surface area contributed by atoms with Crippen LogP contribution < -0.4 is 5.73 Å². The third-order valence-corrected chi connectivity index (χ3v) is 8.01. The van der Waals surface area contributed by atoms with Crippen molar-refractivity contribution in [3.8, 4) is 0 Å². The topological polar surface area (TPSA) is 46.3 Å². The summed E-state index contributed by atoms with van der Waals surface area (Å²) in [6.45, 7) is 10.7. The molecule has 1 fully saturated rings. The number of piperidine rings is 1. The molecule has 0 spiro atoms. The van der Waals surface area contributed by atoms with Crippen molar-refractivity contribution in [1.82, 2.24) is 4.31 Å². The number of carbonyl (C=O) groups is 1. The Hall–Kier alpha value is -1.40. The van der Waals surface area contributed by atoms with Crippen LogP contribution in [0.4, 0.5) is 0 Å². The lowest BCUT2D eigenvalue weighted by Crippen LogP contribution is -2.42. The Balaban J connectivity index is 1.52. The summed E-state index contributed by atoms with van der Waals surface area (Å²) in [6, 6.07) is 8.45. The van der Waals surface area contributed by atoms with E-state index in [0.717, 1.165) is 36.0 Å². The van der Waals surface area contributed by atoms with E-state index in [4.69, 9.17) is 5.73 Å². The second-order valence-corrected chi connectivity index (χ2v) is 10.6. The van der Waals surface area contributed by atoms with Gasteiger partial charge >= 0.3 is 0 Å². The molecule has 30 heavy (non-hydrogen) atoms. The van der Waals surface area contributed by atoms with Crippen LogP contribution in [0.2, 0.25) is 0 Å². The summed E-state index contributed by atoms with van der Waals surface area (Å²) in [5.74, 6) is 0.774. The van der Waals surface area contributed by atoms with Gasteiger partial charge in [-0.2, -0.15) is 0 Å². The summed E-state index contributed by atoms with van der Waals surface area (Å²) in [7, 11) is 2.26. The van der Waals surface area contributed by atoms with E-state index in [1.54, 1.807) is 0 Å². The van der Waals surface area contributed by atoms with Gasteiger partial charge in [-0.05, 0) is 63.6 Å². The van der Waals surface area contributed by atoms with Gasteiger partial charge in [0.15, 0.2) is 5.78 Å². The quantitative estimate of drug-likeness (QED) is 0.507. The molecule has 2 aliphatic rings. The molecule has 1 aromatic carbocycles. The lowest BCUT2D eigenvalue weighted by molar-refractivity contribution is -0.831. The maximum atomic E-state index is 12.9. The van der Waals surface area contributed by atoms with E-state index >= 15 is 0 Å². The van der Waals surface area contributed by atoms with Crippen LogP contribution in [-0.4, -0.2) is 46.8 Å². The van der Waals surface area contributed by atoms with Crippen molar-refractivity contribution in [1.29, 1.82) is 0 Å². The highest BCUT2D eigenvalue weighted by Gasteiger charge is 2.32. The summed E-state index contributed by atoms with van der Waals surface area (Å²) >= 11 is 1.88. The number of Topliss-reactive ketones (excluding diaryl/α,β-unsaturated/α-hetero) is 1. The average Bonchev–Trinajstić information content (AvgIpc) is 2.72. The second kappa shape index (κ2) is 9.82. The molecular formula is C25H38N3OS+. The van der Waals surface area contributed by atoms with Gasteiger partial charge in [-0.1, -0.05) is 36.8 Å². The largest absolute Gasteiger partial charge is 0.321 e. The first-order chi connectivity index (χ1) is 14.2. The Labute approximate surface area is 186 Å². The molecule has 0 bridgehead atoms. The van der Waals surface area contributed by atoms with Gasteiger partial charge in [-0.25, -0.2) is 4.31 Å². The third kappa shape index (κ3) is 5.64. The van der Waals surface area contributed by atoms with Crippen LogP contribution >= 0.6 is 11.9 Å². The van der Waals surface area contributed by atoms with Gasteiger partial charge in [-0.3, -0.25) is 9.28 Å². The molecule has 1 aromatic rings. The zero-order valence-electron chi connectivity index (χ0n) is 19.2. The van der Waals surface area contributed by atoms with Crippen LogP contribution in [0.15, 0.2) is 47.6 Å². The van der Waals surface area contributed by atoms with Crippen molar-refractivity contribution < 1.29 is 9.28 Å². The average molecular weight is 429 g/mol. The summed E-state index contributed by atoms with van der Waals surface area (Å²) in [6.07, 6.45) is 9.47. The number of benzene rings is 1. The molecule has 2 heterocycles. The lowest BCUT2D eigenvalue weighted by atomic mass is 9.87. The molecule has 0 radical (unpaired) electrons. The Kier molecular flexibility index (Phi) is 7.61. The van der Waals surface area contributed by atoms with Crippen LogP contribution in [0.25, 0.3) is 0 Å². The number of nitrogens with two attached hydrogens (primary N) is 1. The molecule has 3 atom stereocenters. The first-order valence-electron chi connectivity index (χ1n) is 11.2. The summed E-state index contributed by atoms with van der Waals surface area (Å²) < 4.78 is 3.27. The fourth-order valence-corrected chi connectivity index (χ4v) is 5.24. The number of hydrogen-bond donors (Lipinski definition) is 1. The highest BCUT2D eigenvalue weighted by molar-refractivity contribution is 8.00. The monoisotopic (exact) mass is 428 g/mol. The molecule has 0 aliphatic carbocycles. The standard InChI is InChI=1S/C25H38N3OS/c1-18(2)28(5)15-12-20(4)24(17-28)30-27-13-10-22(11-14-27)25(29)23(26)16-21-8-6-19(3)7-9-21/h6-9,12,15,17-18,20,22-23H,10-11,13-14,16,26H2,1-5H3/q+1. The number of hydrogen-bond acceptors (Lipinski definition) is 4. The maximum Gasteiger partial charge on any atom is 0.153 e. The summed E-state index contributed by atoms with van der Waals surface area (Å²) in [5.41, 5.74) is 8.67. The zero-order chi connectivity index (χ0) is 21.9. The van der Waals surface area contributed by atoms with Crippen LogP contribution in [0.5, 0.6) is 0 Å². The van der Waals surface area contributed by atoms with E-state index in [1.807, 2.05) is 11.9 Å². The Morgan fingerprint density at radius 1 is 1.23 bits per heavy atom. The van der Waals surface area contributed by atoms with Crippen molar-refractivity contribution in [2.24, 2.45) is 17.6 Å². The highest BCUT2D eigenvalue weighted by Crippen LogP contribution is 2.37. The van der Waals surface area contributed by atoms with Crippen molar-refractivity contribution in [3.05, 3.63) is 58.8 Å². The van der Waals surface area contributed by atoms with E-state index in [2.05, 4.69) is 81.8 Å². The SMILES string of the molecule is Cc1ccc(CC(N)C(=O)C2CCN(SC3=C[N+](C)(C(C)C)C=CC3C)CC2)cc1. The fraction of sp³-hybridized carbons (Fsp3) is 0.560. The van der Waals surface area contributed by atoms with E-state index < -0.39 is 6.04 Å². The van der Waals surface area contributed by atoms with Crippen molar-refractivity contribution in [2.75, 3.05) is 20.1 Å². The second-order valence-electron chi connectivity index (χ2n) is 9.47. The van der Waals surface area contributed by atoms with Crippen molar-refractivity contribution in [2.45, 2.75) is 59.0 Å². The van der Waals surface area contributed by atoms with Gasteiger partial charge in [-0.15, -0.1) is 0 Å². The van der Waals surface area contributed by atoms with E-state index in [0.29, 0.717) is 18.4 Å². The molecule has 4 nitrogen and oxygen atoms in total. The summed E-state index contributed by atoms with van der Waals surface area (Å²) in [5, 5.41) is 0. The first kappa shape index (κ1) is 23.3. The molecule has 3 unspecified atom stereocenters. The minimum Gasteiger partial charge on any atom is -0.321 e. The van der Waals surface area contributed by atoms with E-state index in [1.165, 1.54) is 10.5 Å². The number of rotatable bonds is 7. The minimum absolute atomic E-state index is 0.0941. The maximum absolute atomic E-state index is 12.9. The Bertz CT molecular complexity index is 793. The third-order valence-electron chi connectivity index (χ3n) is 6.70. The Morgan fingerprint density at radius 3 is 2.47 bits per heavy atom. The molecule has 0 saturated carbocycles. The van der Waals surface area contributed by atoms with Crippen LogP contribution in [0.3, 0.4) is 0 Å². The highest BCUT2D eigenvalue weighted by atomic mass is 32.2. The number of ketones is 1. The molecule has 2 aliphatic heterocycles. The molecule has 0 amide bonds. The number of nitrogens with zero attached hydrogens (tertiary/aromatic N) is 2. The van der Waals surface area contributed by atoms with Gasteiger partial charge in [0.05, 0.1) is 30.2 Å². The first-order valence-corrected chi connectivity index (χ1v) is 12.0. The molecule has 3 rings (SSSR count). The van der Waals surface area contributed by atoms with Crippen molar-refractivity contribution in [3.63, 3.8) is 0 Å². The molecule has 1 saturated heterocycles. The number of carbonyl (C=O) groups excluding carboxylic acids is 1. The van der Waals surface area contributed by atoms with Crippen LogP contribution in [-0.2, 0) is 11.2 Å². The molecule has 0 aromatic heterocycles. The number of quaternary nitrogens is 1. The van der Waals surface area contributed by atoms with Gasteiger partial charge in [0.25, 0.3) is 0 Å². The normalized spacial score (nSPS) is 26.6. The number of allylic oxidation sites excluding steroid dienone is 2. The predicted octanol–water partition coefficient (Wildman–Crippen LogP) is 4.65. The summed E-state index contributed by atoms with van der Waals surface area (Å²) in [4.78, 5) is 14.3. The molecular weight excluding hydrogens is 390 g/mol.